The van der Waals surface area contributed by atoms with Crippen LogP contribution in [-0.4, -0.2) is 48.0 Å². The molecule has 0 radical (unpaired) electrons. The maximum Gasteiger partial charge on any atom is 2.00 e. The molecule has 2 rings (SSSR count). The number of ether oxygens (including phenoxy) is 2. The number of benzene rings is 2. The predicted octanol–water partition coefficient (Wildman–Crippen LogP) is 0.545. The van der Waals surface area contributed by atoms with E-state index in [1.165, 1.54) is 24.3 Å². The van der Waals surface area contributed by atoms with E-state index in [1.807, 2.05) is 0 Å². The van der Waals surface area contributed by atoms with Crippen LogP contribution in [0.25, 0.3) is 0 Å². The van der Waals surface area contributed by atoms with Crippen molar-refractivity contribution in [2.75, 3.05) is 11.9 Å². The molecule has 13 heteroatoms. The van der Waals surface area contributed by atoms with Crippen LogP contribution >= 0.6 is 0 Å². The van der Waals surface area contributed by atoms with Crippen molar-refractivity contribution in [3.05, 3.63) is 48.5 Å². The van der Waals surface area contributed by atoms with Crippen molar-refractivity contribution in [1.82, 2.24) is 0 Å². The molecular weight excluding hydrogens is 458 g/mol. The van der Waals surface area contributed by atoms with E-state index in [0.717, 1.165) is 0 Å². The molecule has 0 saturated carbocycles. The molecule has 0 saturated heterocycles. The number of hydrogen-bond acceptors (Lipinski definition) is 10. The molecule has 0 aliphatic carbocycles. The first-order chi connectivity index (χ1) is 12.0. The average Bonchev–Trinajstić information content (AvgIpc) is 2.52. The number of aromatic hydroxyl groups is 2. The van der Waals surface area contributed by atoms with Crippen LogP contribution in [-0.2, 0) is 39.7 Å². The Hall–Kier alpha value is -1.92. The fourth-order valence-electron chi connectivity index (χ4n) is 1.43. The van der Waals surface area contributed by atoms with Crippen molar-refractivity contribution in [2.45, 2.75) is 0 Å². The summed E-state index contributed by atoms with van der Waals surface area (Å²) in [4.78, 5) is 0. The summed E-state index contributed by atoms with van der Waals surface area (Å²) in [7, 11) is -8.84. The van der Waals surface area contributed by atoms with E-state index >= 15 is 0 Å². The molecule has 2 aromatic carbocycles. The second kappa shape index (κ2) is 11.0. The summed E-state index contributed by atoms with van der Waals surface area (Å²) in [5.74, 6) is -2.42. The summed E-state index contributed by atoms with van der Waals surface area (Å²) in [5, 5.41) is 18.2. The Balaban J connectivity index is 0.000000483. The Bertz CT molecular complexity index is 851. The smallest absolute Gasteiger partial charge is 0.745 e. The van der Waals surface area contributed by atoms with Crippen LogP contribution in [0.5, 0.6) is 23.0 Å². The van der Waals surface area contributed by atoms with Crippen molar-refractivity contribution in [2.24, 2.45) is 0 Å². The van der Waals surface area contributed by atoms with E-state index in [0.29, 0.717) is 0 Å². The average molecular weight is 472 g/mol. The van der Waals surface area contributed by atoms with Crippen LogP contribution in [0.4, 0.5) is 0 Å². The zero-order valence-electron chi connectivity index (χ0n) is 13.7. The minimum atomic E-state index is -4.42. The Morgan fingerprint density at radius 3 is 1.26 bits per heavy atom. The third kappa shape index (κ3) is 11.4. The zero-order valence-corrected chi connectivity index (χ0v) is 18.3. The van der Waals surface area contributed by atoms with E-state index in [4.69, 9.17) is 10.2 Å². The summed E-state index contributed by atoms with van der Waals surface area (Å²) < 4.78 is 70.0. The van der Waals surface area contributed by atoms with Gasteiger partial charge in [0.05, 0.1) is 0 Å². The molecule has 0 unspecified atom stereocenters. The number of para-hydroxylation sites is 4. The van der Waals surface area contributed by atoms with Gasteiger partial charge in [0, 0.05) is 0 Å². The maximum atomic E-state index is 10.2. The second-order valence-corrected chi connectivity index (χ2v) is 7.28. The standard InChI is InChI=1S/2C7H8O5S.Zn/c2*8-6-3-1-2-4-7(6)12-5-13(9,10)11;/h2*1-4,8H,5H2,(H,9,10,11);/q;;+2/p-2. The van der Waals surface area contributed by atoms with Gasteiger partial charge in [0.2, 0.25) is 0 Å². The molecule has 0 aliphatic heterocycles. The van der Waals surface area contributed by atoms with Crippen molar-refractivity contribution >= 4 is 20.2 Å². The Morgan fingerprint density at radius 2 is 1.00 bits per heavy atom. The van der Waals surface area contributed by atoms with Gasteiger partial charge in [0.15, 0.2) is 34.9 Å². The van der Waals surface area contributed by atoms with Gasteiger partial charge in [-0.05, 0) is 24.3 Å². The molecule has 144 valence electrons. The van der Waals surface area contributed by atoms with Crippen molar-refractivity contribution in [1.29, 1.82) is 0 Å². The molecule has 27 heavy (non-hydrogen) atoms. The first kappa shape index (κ1) is 25.1. The maximum absolute atomic E-state index is 10.2. The zero-order chi connectivity index (χ0) is 19.8. The molecule has 0 bridgehead atoms. The van der Waals surface area contributed by atoms with Gasteiger partial charge in [-0.2, -0.15) is 0 Å². The van der Waals surface area contributed by atoms with Gasteiger partial charge >= 0.3 is 19.5 Å². The van der Waals surface area contributed by atoms with Crippen LogP contribution in [0.3, 0.4) is 0 Å². The summed E-state index contributed by atoms with van der Waals surface area (Å²) >= 11 is 0. The van der Waals surface area contributed by atoms with Crippen molar-refractivity contribution in [3.63, 3.8) is 0 Å². The fourth-order valence-corrected chi connectivity index (χ4v) is 1.97. The third-order valence-electron chi connectivity index (χ3n) is 2.45. The first-order valence-electron chi connectivity index (χ1n) is 6.66. The Labute approximate surface area is 168 Å². The van der Waals surface area contributed by atoms with E-state index in [2.05, 4.69) is 9.47 Å². The van der Waals surface area contributed by atoms with E-state index in [-0.39, 0.29) is 42.5 Å². The summed E-state index contributed by atoms with van der Waals surface area (Å²) in [6.45, 7) is 0. The van der Waals surface area contributed by atoms with Crippen molar-refractivity contribution in [3.8, 4) is 23.0 Å². The van der Waals surface area contributed by atoms with Gasteiger partial charge in [-0.25, -0.2) is 16.8 Å². The molecule has 0 heterocycles. The van der Waals surface area contributed by atoms with Gasteiger partial charge in [-0.1, -0.05) is 24.3 Å². The van der Waals surface area contributed by atoms with Crippen LogP contribution in [0.2, 0.25) is 0 Å². The molecule has 2 N–H and O–H groups in total. The van der Waals surface area contributed by atoms with Gasteiger partial charge in [-0.3, -0.25) is 0 Å². The number of rotatable bonds is 6. The number of phenols is 2. The first-order valence-corrected chi connectivity index (χ1v) is 9.82. The molecule has 0 atom stereocenters. The van der Waals surface area contributed by atoms with Crippen molar-refractivity contribution < 1.29 is 65.1 Å². The normalized spacial score (nSPS) is 10.7. The molecule has 0 amide bonds. The van der Waals surface area contributed by atoms with Gasteiger partial charge in [0.25, 0.3) is 0 Å². The minimum Gasteiger partial charge on any atom is -0.745 e. The molecule has 10 nitrogen and oxygen atoms in total. The van der Waals surface area contributed by atoms with Gasteiger partial charge in [-0.15, -0.1) is 0 Å². The second-order valence-electron chi connectivity index (χ2n) is 4.58. The predicted molar refractivity (Wildman–Crippen MR) is 86.6 cm³/mol. The van der Waals surface area contributed by atoms with Crippen LogP contribution < -0.4 is 9.47 Å². The van der Waals surface area contributed by atoms with Crippen LogP contribution in [0.15, 0.2) is 48.5 Å². The summed E-state index contributed by atoms with van der Waals surface area (Å²) in [6.07, 6.45) is 0. The van der Waals surface area contributed by atoms with E-state index in [1.54, 1.807) is 24.3 Å². The largest absolute Gasteiger partial charge is 2.00 e. The Kier molecular flexibility index (Phi) is 10.3. The summed E-state index contributed by atoms with van der Waals surface area (Å²) in [6, 6.07) is 11.6. The Morgan fingerprint density at radius 1 is 0.704 bits per heavy atom. The molecular formula is C14H14O10S2Zn. The molecule has 0 fully saturated rings. The number of hydrogen-bond donors (Lipinski definition) is 2. The third-order valence-corrected chi connectivity index (χ3v) is 3.26. The topological polar surface area (TPSA) is 173 Å². The SMILES string of the molecule is O=S(=O)([O-])COc1ccccc1O.O=S(=O)([O-])COc1ccccc1O.[Zn+2]. The van der Waals surface area contributed by atoms with Gasteiger partial charge in [0.1, 0.15) is 20.2 Å². The molecule has 0 aliphatic rings. The number of phenolic OH excluding ortho intramolecular Hbond substituents is 2. The molecule has 2 aromatic rings. The van der Waals surface area contributed by atoms with E-state index in [9.17, 15) is 25.9 Å². The monoisotopic (exact) mass is 470 g/mol. The molecule has 0 aromatic heterocycles. The van der Waals surface area contributed by atoms with Gasteiger partial charge < -0.3 is 28.8 Å². The molecule has 0 spiro atoms. The van der Waals surface area contributed by atoms with E-state index < -0.39 is 32.1 Å². The quantitative estimate of drug-likeness (QED) is 0.447. The van der Waals surface area contributed by atoms with Crippen LogP contribution in [0.1, 0.15) is 0 Å². The summed E-state index contributed by atoms with van der Waals surface area (Å²) in [5.41, 5.74) is 0. The van der Waals surface area contributed by atoms with Crippen LogP contribution in [0, 0.1) is 0 Å². The minimum absolute atomic E-state index is 0. The fraction of sp³-hybridized carbons (Fsp3) is 0.143.